The fourth-order valence-corrected chi connectivity index (χ4v) is 4.99. The molecule has 0 saturated heterocycles. The Morgan fingerprint density at radius 2 is 1.29 bits per heavy atom. The van der Waals surface area contributed by atoms with E-state index in [9.17, 15) is 0 Å². The lowest BCUT2D eigenvalue weighted by atomic mass is 9.84. The summed E-state index contributed by atoms with van der Waals surface area (Å²) in [6, 6.07) is 27.1. The molecule has 1 aliphatic rings. The van der Waals surface area contributed by atoms with Crippen molar-refractivity contribution in [3.63, 3.8) is 0 Å². The van der Waals surface area contributed by atoms with Crippen molar-refractivity contribution in [3.05, 3.63) is 83.9 Å². The second-order valence-electron chi connectivity index (χ2n) is 7.89. The first kappa shape index (κ1) is 17.3. The first-order valence-electron chi connectivity index (χ1n) is 10.6. The molecule has 0 heteroatoms. The van der Waals surface area contributed by atoms with Gasteiger partial charge in [-0.25, -0.2) is 0 Å². The zero-order chi connectivity index (χ0) is 19.1. The quantitative estimate of drug-likeness (QED) is 0.296. The van der Waals surface area contributed by atoms with Gasteiger partial charge in [0.15, 0.2) is 0 Å². The van der Waals surface area contributed by atoms with Gasteiger partial charge in [0.2, 0.25) is 0 Å². The molecule has 0 radical (unpaired) electrons. The van der Waals surface area contributed by atoms with Crippen molar-refractivity contribution in [2.24, 2.45) is 0 Å². The van der Waals surface area contributed by atoms with Crippen LogP contribution >= 0.6 is 0 Å². The SMILES string of the molecule is CCCc1cc(-c2ccccc2)c(CCC)c2c1-c1cccc3cccc-2c13. The molecule has 0 aliphatic heterocycles. The fourth-order valence-electron chi connectivity index (χ4n) is 4.99. The lowest BCUT2D eigenvalue weighted by Crippen LogP contribution is -1.99. The van der Waals surface area contributed by atoms with E-state index < -0.39 is 0 Å². The maximum Gasteiger partial charge on any atom is -0.00262 e. The minimum absolute atomic E-state index is 1.11. The molecule has 0 nitrogen and oxygen atoms in total. The number of benzene rings is 4. The van der Waals surface area contributed by atoms with Crippen LogP contribution in [-0.4, -0.2) is 0 Å². The van der Waals surface area contributed by atoms with Gasteiger partial charge >= 0.3 is 0 Å². The summed E-state index contributed by atoms with van der Waals surface area (Å²) in [6.07, 6.45) is 4.56. The molecule has 0 atom stereocenters. The van der Waals surface area contributed by atoms with Crippen molar-refractivity contribution in [1.82, 2.24) is 0 Å². The van der Waals surface area contributed by atoms with Crippen LogP contribution in [0.25, 0.3) is 44.2 Å². The molecule has 28 heavy (non-hydrogen) atoms. The van der Waals surface area contributed by atoms with Crippen molar-refractivity contribution in [2.45, 2.75) is 39.5 Å². The fraction of sp³-hybridized carbons (Fsp3) is 0.214. The van der Waals surface area contributed by atoms with Crippen LogP contribution in [0.3, 0.4) is 0 Å². The Morgan fingerprint density at radius 1 is 0.607 bits per heavy atom. The maximum atomic E-state index is 2.49. The number of rotatable bonds is 5. The molecule has 4 aromatic rings. The number of aryl methyl sites for hydroxylation is 1. The third-order valence-corrected chi connectivity index (χ3v) is 6.06. The number of hydrogen-bond donors (Lipinski definition) is 0. The van der Waals surface area contributed by atoms with Crippen molar-refractivity contribution < 1.29 is 0 Å². The highest BCUT2D eigenvalue weighted by atomic mass is 14.3. The minimum Gasteiger partial charge on any atom is -0.0651 e. The van der Waals surface area contributed by atoms with Gasteiger partial charge in [-0.15, -0.1) is 0 Å². The van der Waals surface area contributed by atoms with Crippen LogP contribution in [0.2, 0.25) is 0 Å². The van der Waals surface area contributed by atoms with E-state index in [1.165, 1.54) is 61.7 Å². The van der Waals surface area contributed by atoms with Crippen molar-refractivity contribution in [2.75, 3.05) is 0 Å². The molecule has 138 valence electrons. The Balaban J connectivity index is 1.92. The molecule has 0 N–H and O–H groups in total. The summed E-state index contributed by atoms with van der Waals surface area (Å²) in [6.45, 7) is 4.58. The van der Waals surface area contributed by atoms with E-state index in [-0.39, 0.29) is 0 Å². The minimum atomic E-state index is 1.11. The van der Waals surface area contributed by atoms with Crippen LogP contribution in [-0.2, 0) is 12.8 Å². The van der Waals surface area contributed by atoms with Crippen molar-refractivity contribution in [3.8, 4) is 33.4 Å². The molecule has 0 unspecified atom stereocenters. The Hall–Kier alpha value is -2.86. The maximum absolute atomic E-state index is 2.49. The van der Waals surface area contributed by atoms with Crippen LogP contribution in [0.5, 0.6) is 0 Å². The predicted octanol–water partition coefficient (Wildman–Crippen LogP) is 8.06. The molecular formula is C28H26. The van der Waals surface area contributed by atoms with Gasteiger partial charge in [0.25, 0.3) is 0 Å². The normalized spacial score (nSPS) is 11.8. The lowest BCUT2D eigenvalue weighted by molar-refractivity contribution is 0.910. The van der Waals surface area contributed by atoms with E-state index in [2.05, 4.69) is 86.6 Å². The van der Waals surface area contributed by atoms with E-state index in [1.807, 2.05) is 0 Å². The summed E-state index contributed by atoms with van der Waals surface area (Å²) in [4.78, 5) is 0. The van der Waals surface area contributed by atoms with Gasteiger partial charge in [-0.1, -0.05) is 99.5 Å². The molecule has 0 spiro atoms. The summed E-state index contributed by atoms with van der Waals surface area (Å²) in [5, 5.41) is 2.80. The van der Waals surface area contributed by atoms with E-state index in [0.717, 1.165) is 19.3 Å². The third kappa shape index (κ3) is 2.52. The largest absolute Gasteiger partial charge is 0.0651 e. The Labute approximate surface area is 167 Å². The average Bonchev–Trinajstić information content (AvgIpc) is 3.08. The van der Waals surface area contributed by atoms with Gasteiger partial charge in [-0.2, -0.15) is 0 Å². The highest BCUT2D eigenvalue weighted by Crippen LogP contribution is 2.52. The molecule has 0 amide bonds. The first-order valence-corrected chi connectivity index (χ1v) is 10.6. The standard InChI is InChI=1S/C28H26/c1-3-10-21-18-25(19-12-6-5-7-13-19)22(11-4-2)28-24-17-9-15-20-14-8-16-23(26(20)24)27(21)28/h5-9,12-18H,3-4,10-11H2,1-2H3. The molecule has 5 rings (SSSR count). The third-order valence-electron chi connectivity index (χ3n) is 6.06. The van der Waals surface area contributed by atoms with E-state index in [4.69, 9.17) is 0 Å². The van der Waals surface area contributed by atoms with Crippen molar-refractivity contribution in [1.29, 1.82) is 0 Å². The van der Waals surface area contributed by atoms with Gasteiger partial charge < -0.3 is 0 Å². The van der Waals surface area contributed by atoms with Crippen LogP contribution in [0, 0.1) is 0 Å². The highest BCUT2D eigenvalue weighted by molar-refractivity contribution is 6.17. The summed E-state index contributed by atoms with van der Waals surface area (Å²) in [5.41, 5.74) is 11.6. The first-order chi connectivity index (χ1) is 13.8. The molecule has 0 bridgehead atoms. The van der Waals surface area contributed by atoms with Crippen molar-refractivity contribution >= 4 is 10.8 Å². The molecule has 1 aliphatic carbocycles. The molecular weight excluding hydrogens is 336 g/mol. The zero-order valence-electron chi connectivity index (χ0n) is 16.8. The van der Waals surface area contributed by atoms with Crippen LogP contribution in [0.1, 0.15) is 37.8 Å². The smallest absolute Gasteiger partial charge is 0.00262 e. The van der Waals surface area contributed by atoms with Gasteiger partial charge in [0, 0.05) is 0 Å². The van der Waals surface area contributed by atoms with Crippen LogP contribution in [0.15, 0.2) is 72.8 Å². The van der Waals surface area contributed by atoms with Gasteiger partial charge in [0.05, 0.1) is 0 Å². The molecule has 0 saturated carbocycles. The van der Waals surface area contributed by atoms with Gasteiger partial charge in [-0.3, -0.25) is 0 Å². The molecule has 0 aromatic heterocycles. The summed E-state index contributed by atoms with van der Waals surface area (Å²) in [7, 11) is 0. The number of hydrogen-bond acceptors (Lipinski definition) is 0. The van der Waals surface area contributed by atoms with E-state index in [0.29, 0.717) is 0 Å². The van der Waals surface area contributed by atoms with Crippen LogP contribution < -0.4 is 0 Å². The highest BCUT2D eigenvalue weighted by Gasteiger charge is 2.28. The monoisotopic (exact) mass is 362 g/mol. The lowest BCUT2D eigenvalue weighted by Gasteiger charge is -2.19. The van der Waals surface area contributed by atoms with Crippen LogP contribution in [0.4, 0.5) is 0 Å². The second kappa shape index (κ2) is 6.95. The number of fused-ring (bicyclic) bond motifs is 3. The Morgan fingerprint density at radius 3 is 1.96 bits per heavy atom. The second-order valence-corrected chi connectivity index (χ2v) is 7.89. The zero-order valence-corrected chi connectivity index (χ0v) is 16.8. The average molecular weight is 363 g/mol. The van der Waals surface area contributed by atoms with E-state index in [1.54, 1.807) is 0 Å². The molecule has 0 heterocycles. The summed E-state index contributed by atoms with van der Waals surface area (Å²) >= 11 is 0. The topological polar surface area (TPSA) is 0 Å². The predicted molar refractivity (Wildman–Crippen MR) is 122 cm³/mol. The summed E-state index contributed by atoms with van der Waals surface area (Å²) in [5.74, 6) is 0. The van der Waals surface area contributed by atoms with Gasteiger partial charge in [-0.05, 0) is 68.1 Å². The Kier molecular flexibility index (Phi) is 4.28. The summed E-state index contributed by atoms with van der Waals surface area (Å²) < 4.78 is 0. The molecule has 4 aromatic carbocycles. The Bertz CT molecular complexity index is 1160. The van der Waals surface area contributed by atoms with Gasteiger partial charge in [0.1, 0.15) is 0 Å². The molecule has 0 fully saturated rings. The van der Waals surface area contributed by atoms with E-state index >= 15 is 0 Å².